The van der Waals surface area contributed by atoms with Crippen LogP contribution in [0, 0.1) is 20.8 Å². The number of benzene rings is 2. The van der Waals surface area contributed by atoms with E-state index in [2.05, 4.69) is 20.5 Å². The SMILES string of the molecule is Cc1cccc(-c2nc(SCC(=O)Nc3cccc(C)c3C)n[nH]2)c1. The summed E-state index contributed by atoms with van der Waals surface area (Å²) in [5, 5.41) is 10.6. The van der Waals surface area contributed by atoms with E-state index in [9.17, 15) is 4.79 Å². The summed E-state index contributed by atoms with van der Waals surface area (Å²) in [7, 11) is 0. The molecule has 0 atom stereocenters. The summed E-state index contributed by atoms with van der Waals surface area (Å²) in [6, 6.07) is 13.9. The lowest BCUT2D eigenvalue weighted by Gasteiger charge is -2.09. The molecule has 0 saturated carbocycles. The third-order valence-corrected chi connectivity index (χ3v) is 4.81. The highest BCUT2D eigenvalue weighted by Gasteiger charge is 2.10. The Hall–Kier alpha value is -2.60. The van der Waals surface area contributed by atoms with Crippen LogP contribution in [-0.2, 0) is 4.79 Å². The summed E-state index contributed by atoms with van der Waals surface area (Å²) >= 11 is 1.31. The van der Waals surface area contributed by atoms with Crippen molar-refractivity contribution in [2.45, 2.75) is 25.9 Å². The number of carbonyl (C=O) groups is 1. The number of hydrogen-bond donors (Lipinski definition) is 2. The first kappa shape index (κ1) is 17.2. The van der Waals surface area contributed by atoms with Gasteiger partial charge in [0.1, 0.15) is 0 Å². The van der Waals surface area contributed by atoms with Gasteiger partial charge in [0.05, 0.1) is 5.75 Å². The van der Waals surface area contributed by atoms with Gasteiger partial charge in [0.15, 0.2) is 5.82 Å². The molecule has 2 aromatic carbocycles. The van der Waals surface area contributed by atoms with E-state index in [0.29, 0.717) is 11.0 Å². The van der Waals surface area contributed by atoms with E-state index in [0.717, 1.165) is 27.9 Å². The fourth-order valence-corrected chi connectivity index (χ4v) is 3.03. The fourth-order valence-electron chi connectivity index (χ4n) is 2.44. The highest BCUT2D eigenvalue weighted by Crippen LogP contribution is 2.21. The predicted octanol–water partition coefficient (Wildman–Crippen LogP) is 4.13. The van der Waals surface area contributed by atoms with Crippen LogP contribution in [0.4, 0.5) is 5.69 Å². The second kappa shape index (κ2) is 7.53. The van der Waals surface area contributed by atoms with Crippen LogP contribution in [0.3, 0.4) is 0 Å². The van der Waals surface area contributed by atoms with Crippen molar-refractivity contribution in [2.24, 2.45) is 0 Å². The number of thioether (sulfide) groups is 1. The van der Waals surface area contributed by atoms with Gasteiger partial charge < -0.3 is 5.32 Å². The average Bonchev–Trinajstić information content (AvgIpc) is 3.06. The molecule has 5 nitrogen and oxygen atoms in total. The molecular formula is C19H20N4OS. The fraction of sp³-hybridized carbons (Fsp3) is 0.211. The average molecular weight is 352 g/mol. The molecule has 0 aliphatic heterocycles. The molecule has 0 aliphatic carbocycles. The molecule has 128 valence electrons. The minimum atomic E-state index is -0.0689. The molecule has 0 radical (unpaired) electrons. The number of aryl methyl sites for hydroxylation is 2. The Balaban J connectivity index is 1.60. The molecule has 0 saturated heterocycles. The molecule has 6 heteroatoms. The first-order valence-electron chi connectivity index (χ1n) is 8.01. The maximum absolute atomic E-state index is 12.2. The van der Waals surface area contributed by atoms with Crippen LogP contribution in [0.15, 0.2) is 47.6 Å². The second-order valence-electron chi connectivity index (χ2n) is 5.92. The zero-order valence-corrected chi connectivity index (χ0v) is 15.3. The normalized spacial score (nSPS) is 10.7. The minimum absolute atomic E-state index is 0.0689. The lowest BCUT2D eigenvalue weighted by molar-refractivity contribution is -0.113. The number of nitrogens with zero attached hydrogens (tertiary/aromatic N) is 2. The monoisotopic (exact) mass is 352 g/mol. The molecule has 0 bridgehead atoms. The molecule has 1 aromatic heterocycles. The second-order valence-corrected chi connectivity index (χ2v) is 6.86. The number of rotatable bonds is 5. The number of hydrogen-bond acceptors (Lipinski definition) is 4. The van der Waals surface area contributed by atoms with Crippen LogP contribution in [0.5, 0.6) is 0 Å². The van der Waals surface area contributed by atoms with Crippen LogP contribution < -0.4 is 5.32 Å². The van der Waals surface area contributed by atoms with Crippen molar-refractivity contribution in [1.82, 2.24) is 15.2 Å². The van der Waals surface area contributed by atoms with E-state index in [1.54, 1.807) is 0 Å². The Labute approximate surface area is 151 Å². The van der Waals surface area contributed by atoms with Crippen LogP contribution in [0.1, 0.15) is 16.7 Å². The van der Waals surface area contributed by atoms with Crippen molar-refractivity contribution in [1.29, 1.82) is 0 Å². The summed E-state index contributed by atoms with van der Waals surface area (Å²) in [5.41, 5.74) is 5.24. The zero-order chi connectivity index (χ0) is 17.8. The van der Waals surface area contributed by atoms with Crippen LogP contribution in [-0.4, -0.2) is 26.8 Å². The van der Waals surface area contributed by atoms with Crippen molar-refractivity contribution in [2.75, 3.05) is 11.1 Å². The quantitative estimate of drug-likeness (QED) is 0.678. The summed E-state index contributed by atoms with van der Waals surface area (Å²) in [6.45, 7) is 6.06. The van der Waals surface area contributed by atoms with E-state index >= 15 is 0 Å². The van der Waals surface area contributed by atoms with E-state index in [1.165, 1.54) is 11.8 Å². The predicted molar refractivity (Wildman–Crippen MR) is 102 cm³/mol. The lowest BCUT2D eigenvalue weighted by atomic mass is 10.1. The third kappa shape index (κ3) is 4.28. The van der Waals surface area contributed by atoms with Gasteiger partial charge in [0.25, 0.3) is 0 Å². The first-order valence-corrected chi connectivity index (χ1v) is 9.00. The third-order valence-electron chi connectivity index (χ3n) is 3.97. The van der Waals surface area contributed by atoms with Gasteiger partial charge in [0, 0.05) is 11.3 Å². The summed E-state index contributed by atoms with van der Waals surface area (Å²) in [4.78, 5) is 16.6. The van der Waals surface area contributed by atoms with Crippen molar-refractivity contribution in [3.63, 3.8) is 0 Å². The van der Waals surface area contributed by atoms with Crippen molar-refractivity contribution < 1.29 is 4.79 Å². The molecule has 0 aliphatic rings. The Morgan fingerprint density at radius 2 is 1.96 bits per heavy atom. The Morgan fingerprint density at radius 3 is 2.76 bits per heavy atom. The van der Waals surface area contributed by atoms with Crippen LogP contribution >= 0.6 is 11.8 Å². The number of anilines is 1. The molecule has 0 unspecified atom stereocenters. The summed E-state index contributed by atoms with van der Waals surface area (Å²) in [6.07, 6.45) is 0. The zero-order valence-electron chi connectivity index (χ0n) is 14.5. The van der Waals surface area contributed by atoms with E-state index in [4.69, 9.17) is 0 Å². The smallest absolute Gasteiger partial charge is 0.234 e. The van der Waals surface area contributed by atoms with Gasteiger partial charge in [0.2, 0.25) is 11.1 Å². The van der Waals surface area contributed by atoms with Crippen molar-refractivity contribution in [3.8, 4) is 11.4 Å². The van der Waals surface area contributed by atoms with Gasteiger partial charge in [-0.1, -0.05) is 47.7 Å². The molecule has 1 amide bonds. The van der Waals surface area contributed by atoms with Gasteiger partial charge in [-0.15, -0.1) is 5.10 Å². The maximum atomic E-state index is 12.2. The molecule has 3 aromatic rings. The highest BCUT2D eigenvalue weighted by molar-refractivity contribution is 7.99. The Morgan fingerprint density at radius 1 is 1.16 bits per heavy atom. The van der Waals surface area contributed by atoms with Crippen LogP contribution in [0.2, 0.25) is 0 Å². The topological polar surface area (TPSA) is 70.7 Å². The van der Waals surface area contributed by atoms with Crippen molar-refractivity contribution >= 4 is 23.4 Å². The largest absolute Gasteiger partial charge is 0.325 e. The van der Waals surface area contributed by atoms with Gasteiger partial charge >= 0.3 is 0 Å². The Kier molecular flexibility index (Phi) is 5.19. The number of nitrogens with one attached hydrogen (secondary N) is 2. The molecule has 3 rings (SSSR count). The van der Waals surface area contributed by atoms with Crippen molar-refractivity contribution in [3.05, 3.63) is 59.2 Å². The first-order chi connectivity index (χ1) is 12.0. The molecule has 0 spiro atoms. The van der Waals surface area contributed by atoms with E-state index in [-0.39, 0.29) is 11.7 Å². The number of carbonyl (C=O) groups excluding carboxylic acids is 1. The molecule has 0 fully saturated rings. The number of aromatic amines is 1. The summed E-state index contributed by atoms with van der Waals surface area (Å²) in [5.74, 6) is 0.903. The van der Waals surface area contributed by atoms with E-state index < -0.39 is 0 Å². The van der Waals surface area contributed by atoms with Gasteiger partial charge in [-0.2, -0.15) is 0 Å². The standard InChI is InChI=1S/C19H20N4OS/c1-12-6-4-8-15(10-12)18-21-19(23-22-18)25-11-17(24)20-16-9-5-7-13(2)14(16)3/h4-10H,11H2,1-3H3,(H,20,24)(H,21,22,23). The van der Waals surface area contributed by atoms with Gasteiger partial charge in [-0.25, -0.2) is 4.98 Å². The summed E-state index contributed by atoms with van der Waals surface area (Å²) < 4.78 is 0. The molecular weight excluding hydrogens is 332 g/mol. The Bertz CT molecular complexity index is 904. The van der Waals surface area contributed by atoms with Gasteiger partial charge in [-0.3, -0.25) is 9.89 Å². The maximum Gasteiger partial charge on any atom is 0.234 e. The number of aromatic nitrogens is 3. The molecule has 2 N–H and O–H groups in total. The molecule has 25 heavy (non-hydrogen) atoms. The lowest BCUT2D eigenvalue weighted by Crippen LogP contribution is -2.15. The minimum Gasteiger partial charge on any atom is -0.325 e. The van der Waals surface area contributed by atoms with Crippen LogP contribution in [0.25, 0.3) is 11.4 Å². The van der Waals surface area contributed by atoms with E-state index in [1.807, 2.05) is 63.2 Å². The number of amides is 1. The van der Waals surface area contributed by atoms with Gasteiger partial charge in [-0.05, 0) is 44.0 Å². The number of H-pyrrole nitrogens is 1. The highest BCUT2D eigenvalue weighted by atomic mass is 32.2. The molecule has 1 heterocycles.